The lowest BCUT2D eigenvalue weighted by atomic mass is 10.1. The molecule has 0 spiro atoms. The average molecular weight is 389 g/mol. The number of amides is 2. The van der Waals surface area contributed by atoms with Gasteiger partial charge in [0.15, 0.2) is 0 Å². The van der Waals surface area contributed by atoms with Crippen LogP contribution >= 0.6 is 27.5 Å². The van der Waals surface area contributed by atoms with Crippen LogP contribution in [0.5, 0.6) is 0 Å². The van der Waals surface area contributed by atoms with E-state index in [1.807, 2.05) is 0 Å². The van der Waals surface area contributed by atoms with Gasteiger partial charge in [-0.15, -0.1) is 0 Å². The van der Waals surface area contributed by atoms with Crippen molar-refractivity contribution in [2.75, 3.05) is 0 Å². The van der Waals surface area contributed by atoms with Crippen LogP contribution in [0, 0.1) is 5.82 Å². The van der Waals surface area contributed by atoms with Gasteiger partial charge in [0.2, 0.25) is 5.91 Å². The lowest BCUT2D eigenvalue weighted by molar-refractivity contribution is -0.121. The van der Waals surface area contributed by atoms with Gasteiger partial charge in [-0.2, -0.15) is 0 Å². The third-order valence-corrected chi connectivity index (χ3v) is 3.71. The quantitative estimate of drug-likeness (QED) is 0.794. The fourth-order valence-electron chi connectivity index (χ4n) is 1.85. The molecule has 1 aromatic carbocycles. The number of carbonyl (C=O) groups excluding carboxylic acids is 2. The lowest BCUT2D eigenvalue weighted by Gasteiger charge is -2.09. The number of hydrogen-bond donors (Lipinski definition) is 2. The van der Waals surface area contributed by atoms with Gasteiger partial charge >= 0.3 is 0 Å². The van der Waals surface area contributed by atoms with Crippen LogP contribution in [0.25, 0.3) is 0 Å². The fraction of sp³-hybridized carbons (Fsp3) is 0.143. The highest BCUT2D eigenvalue weighted by Gasteiger charge is 2.14. The van der Waals surface area contributed by atoms with Crippen molar-refractivity contribution in [3.63, 3.8) is 0 Å². The van der Waals surface area contributed by atoms with Gasteiger partial charge in [0, 0.05) is 28.3 Å². The van der Waals surface area contributed by atoms with Crippen molar-refractivity contribution in [1.29, 1.82) is 0 Å². The van der Waals surface area contributed by atoms with Gasteiger partial charge in [-0.05, 0) is 34.1 Å². The molecule has 0 aliphatic rings. The zero-order chi connectivity index (χ0) is 16.3. The highest BCUT2D eigenvalue weighted by molar-refractivity contribution is 9.10. The summed E-state index contributed by atoms with van der Waals surface area (Å²) >= 11 is 9.09. The number of halogens is 3. The Morgan fingerprint density at radius 3 is 2.68 bits per heavy atom. The molecule has 5 nitrogen and oxygen atoms in total. The second-order valence-corrected chi connectivity index (χ2v) is 5.86. The van der Waals surface area contributed by atoms with Crippen LogP contribution in [0.3, 0.4) is 0 Å². The van der Waals surface area contributed by atoms with Gasteiger partial charge in [-0.3, -0.25) is 20.4 Å². The summed E-state index contributed by atoms with van der Waals surface area (Å²) in [5, 5.41) is 0.160. The molecule has 8 heteroatoms. The number of hydrogen-bond acceptors (Lipinski definition) is 2. The van der Waals surface area contributed by atoms with E-state index in [1.54, 1.807) is 23.9 Å². The number of nitrogens with zero attached hydrogens (tertiary/aromatic N) is 1. The predicted molar refractivity (Wildman–Crippen MR) is 83.8 cm³/mol. The van der Waals surface area contributed by atoms with Crippen LogP contribution in [0.1, 0.15) is 16.1 Å². The Balaban J connectivity index is 1.96. The summed E-state index contributed by atoms with van der Waals surface area (Å²) < 4.78 is 15.9. The van der Waals surface area contributed by atoms with Gasteiger partial charge < -0.3 is 4.57 Å². The van der Waals surface area contributed by atoms with Crippen molar-refractivity contribution in [3.8, 4) is 0 Å². The van der Waals surface area contributed by atoms with Gasteiger partial charge in [0.1, 0.15) is 11.5 Å². The maximum atomic E-state index is 13.6. The van der Waals surface area contributed by atoms with E-state index in [2.05, 4.69) is 26.8 Å². The number of aryl methyl sites for hydroxylation is 1. The minimum absolute atomic E-state index is 0.0810. The largest absolute Gasteiger partial charge is 0.345 e. The number of hydrazine groups is 1. The Bertz CT molecular complexity index is 713. The monoisotopic (exact) mass is 387 g/mol. The van der Waals surface area contributed by atoms with Crippen molar-refractivity contribution in [3.05, 3.63) is 57.0 Å². The smallest absolute Gasteiger partial charge is 0.286 e. The third kappa shape index (κ3) is 3.86. The summed E-state index contributed by atoms with van der Waals surface area (Å²) in [7, 11) is 1.70. The van der Waals surface area contributed by atoms with E-state index < -0.39 is 17.6 Å². The Hall–Kier alpha value is -1.86. The van der Waals surface area contributed by atoms with E-state index in [0.29, 0.717) is 5.69 Å². The number of benzene rings is 1. The molecule has 0 saturated heterocycles. The first kappa shape index (κ1) is 16.5. The standard InChI is InChI=1S/C14H12BrClFN3O2/c1-20-7-8(15)5-12(20)14(22)19-18-13(21)6-9-10(16)3-2-4-11(9)17/h2-5,7H,6H2,1H3,(H,18,21)(H,19,22). The summed E-state index contributed by atoms with van der Waals surface area (Å²) in [5.74, 6) is -1.63. The highest BCUT2D eigenvalue weighted by atomic mass is 79.9. The summed E-state index contributed by atoms with van der Waals surface area (Å²) in [6, 6.07) is 5.77. The second kappa shape index (κ2) is 6.93. The molecule has 1 heterocycles. The number of nitrogens with one attached hydrogen (secondary N) is 2. The zero-order valence-corrected chi connectivity index (χ0v) is 13.8. The highest BCUT2D eigenvalue weighted by Crippen LogP contribution is 2.19. The summed E-state index contributed by atoms with van der Waals surface area (Å²) in [5.41, 5.74) is 4.93. The maximum Gasteiger partial charge on any atom is 0.286 e. The molecule has 2 aromatic rings. The van der Waals surface area contributed by atoms with Crippen molar-refractivity contribution in [1.82, 2.24) is 15.4 Å². The van der Waals surface area contributed by atoms with Gasteiger partial charge in [-0.25, -0.2) is 4.39 Å². The maximum absolute atomic E-state index is 13.6. The molecule has 2 amide bonds. The Kier molecular flexibility index (Phi) is 5.20. The van der Waals surface area contributed by atoms with E-state index in [9.17, 15) is 14.0 Å². The number of rotatable bonds is 3. The molecule has 0 unspecified atom stereocenters. The Labute approximate surface area is 139 Å². The van der Waals surface area contributed by atoms with Gasteiger partial charge in [-0.1, -0.05) is 17.7 Å². The van der Waals surface area contributed by atoms with Crippen LogP contribution in [0.15, 0.2) is 34.9 Å². The van der Waals surface area contributed by atoms with Crippen LogP contribution in [-0.4, -0.2) is 16.4 Å². The van der Waals surface area contributed by atoms with Crippen LogP contribution in [0.4, 0.5) is 4.39 Å². The topological polar surface area (TPSA) is 63.1 Å². The molecular formula is C14H12BrClFN3O2. The molecule has 0 atom stereocenters. The molecule has 0 fully saturated rings. The van der Waals surface area contributed by atoms with E-state index in [0.717, 1.165) is 4.47 Å². The summed E-state index contributed by atoms with van der Waals surface area (Å²) in [4.78, 5) is 23.7. The first-order valence-electron chi connectivity index (χ1n) is 6.22. The van der Waals surface area contributed by atoms with E-state index in [-0.39, 0.29) is 17.0 Å². The number of aromatic nitrogens is 1. The minimum Gasteiger partial charge on any atom is -0.345 e. The zero-order valence-electron chi connectivity index (χ0n) is 11.5. The first-order valence-corrected chi connectivity index (χ1v) is 7.39. The van der Waals surface area contributed by atoms with Crippen molar-refractivity contribution in [2.24, 2.45) is 7.05 Å². The fourth-order valence-corrected chi connectivity index (χ4v) is 2.60. The molecular weight excluding hydrogens is 377 g/mol. The van der Waals surface area contributed by atoms with Gasteiger partial charge in [0.25, 0.3) is 5.91 Å². The SMILES string of the molecule is Cn1cc(Br)cc1C(=O)NNC(=O)Cc1c(F)cccc1Cl. The molecule has 1 aromatic heterocycles. The van der Waals surface area contributed by atoms with Crippen LogP contribution in [-0.2, 0) is 18.3 Å². The normalized spacial score (nSPS) is 10.4. The molecule has 2 rings (SSSR count). The predicted octanol–water partition coefficient (Wildman–Crippen LogP) is 2.58. The van der Waals surface area contributed by atoms with E-state index in [1.165, 1.54) is 18.2 Å². The van der Waals surface area contributed by atoms with Gasteiger partial charge in [0.05, 0.1) is 6.42 Å². The minimum atomic E-state index is -0.575. The van der Waals surface area contributed by atoms with Crippen molar-refractivity contribution < 1.29 is 14.0 Å². The summed E-state index contributed by atoms with van der Waals surface area (Å²) in [6.07, 6.45) is 1.43. The molecule has 22 heavy (non-hydrogen) atoms. The molecule has 116 valence electrons. The van der Waals surface area contributed by atoms with E-state index >= 15 is 0 Å². The van der Waals surface area contributed by atoms with Crippen molar-refractivity contribution in [2.45, 2.75) is 6.42 Å². The van der Waals surface area contributed by atoms with E-state index in [4.69, 9.17) is 11.6 Å². The molecule has 2 N–H and O–H groups in total. The number of carbonyl (C=O) groups is 2. The average Bonchev–Trinajstić information content (AvgIpc) is 2.79. The first-order chi connectivity index (χ1) is 10.4. The summed E-state index contributed by atoms with van der Waals surface area (Å²) in [6.45, 7) is 0. The molecule has 0 aliphatic heterocycles. The molecule has 0 radical (unpaired) electrons. The third-order valence-electron chi connectivity index (χ3n) is 2.92. The molecule has 0 aliphatic carbocycles. The molecule has 0 bridgehead atoms. The lowest BCUT2D eigenvalue weighted by Crippen LogP contribution is -2.43. The Morgan fingerprint density at radius 2 is 2.09 bits per heavy atom. The van der Waals surface area contributed by atoms with Crippen LogP contribution in [0.2, 0.25) is 5.02 Å². The van der Waals surface area contributed by atoms with Crippen LogP contribution < -0.4 is 10.9 Å². The Morgan fingerprint density at radius 1 is 1.36 bits per heavy atom. The molecule has 0 saturated carbocycles. The second-order valence-electron chi connectivity index (χ2n) is 4.53. The van der Waals surface area contributed by atoms with Crippen molar-refractivity contribution >= 4 is 39.3 Å².